The van der Waals surface area contributed by atoms with Crippen LogP contribution < -0.4 is 5.32 Å². The van der Waals surface area contributed by atoms with Crippen molar-refractivity contribution in [3.8, 4) is 0 Å². The fourth-order valence-corrected chi connectivity index (χ4v) is 4.19. The van der Waals surface area contributed by atoms with E-state index in [1.807, 2.05) is 18.2 Å². The van der Waals surface area contributed by atoms with Crippen LogP contribution in [0, 0.1) is 0 Å². The molecule has 4 nitrogen and oxygen atoms in total. The summed E-state index contributed by atoms with van der Waals surface area (Å²) >= 11 is 7.21. The van der Waals surface area contributed by atoms with Crippen LogP contribution >= 0.6 is 23.4 Å². The summed E-state index contributed by atoms with van der Waals surface area (Å²) in [7, 11) is 0. The zero-order valence-corrected chi connectivity index (χ0v) is 17.3. The fraction of sp³-hybridized carbons (Fsp3) is 0.450. The van der Waals surface area contributed by atoms with Gasteiger partial charge in [0.05, 0.1) is 0 Å². The first-order valence-electron chi connectivity index (χ1n) is 9.44. The van der Waals surface area contributed by atoms with Gasteiger partial charge in [-0.05, 0) is 43.7 Å². The number of benzene rings is 1. The standard InChI is InChI=1S/C20H21ClF3N3OS/c21-15-8-3-1-6-13(15)12-25-17(28)10-5-11-29-19-26-16-9-4-2-7-14(16)18(27-19)20(22,23)24/h1,3,6,8H,2,4-5,7,9-12H2,(H,25,28). The van der Waals surface area contributed by atoms with Gasteiger partial charge in [-0.3, -0.25) is 4.79 Å². The maximum absolute atomic E-state index is 13.3. The lowest BCUT2D eigenvalue weighted by Gasteiger charge is -2.20. The molecule has 0 saturated carbocycles. The van der Waals surface area contributed by atoms with Crippen molar-refractivity contribution in [2.45, 2.75) is 56.4 Å². The summed E-state index contributed by atoms with van der Waals surface area (Å²) in [5.74, 6) is 0.336. The molecule has 0 radical (unpaired) electrons. The minimum absolute atomic E-state index is 0.132. The number of halogens is 4. The predicted molar refractivity (Wildman–Crippen MR) is 107 cm³/mol. The number of aromatic nitrogens is 2. The van der Waals surface area contributed by atoms with Gasteiger partial charge in [-0.1, -0.05) is 41.6 Å². The zero-order valence-electron chi connectivity index (χ0n) is 15.7. The van der Waals surface area contributed by atoms with E-state index >= 15 is 0 Å². The van der Waals surface area contributed by atoms with Gasteiger partial charge in [-0.15, -0.1) is 0 Å². The van der Waals surface area contributed by atoms with Crippen molar-refractivity contribution in [3.63, 3.8) is 0 Å². The van der Waals surface area contributed by atoms with Crippen LogP contribution in [0.25, 0.3) is 0 Å². The highest BCUT2D eigenvalue weighted by molar-refractivity contribution is 7.99. The largest absolute Gasteiger partial charge is 0.433 e. The summed E-state index contributed by atoms with van der Waals surface area (Å²) < 4.78 is 40.0. The highest BCUT2D eigenvalue weighted by Gasteiger charge is 2.37. The molecule has 29 heavy (non-hydrogen) atoms. The average molecular weight is 444 g/mol. The lowest BCUT2D eigenvalue weighted by atomic mass is 9.94. The topological polar surface area (TPSA) is 54.9 Å². The summed E-state index contributed by atoms with van der Waals surface area (Å²) in [6.07, 6.45) is -1.18. The molecule has 0 aliphatic heterocycles. The third-order valence-electron chi connectivity index (χ3n) is 4.64. The maximum Gasteiger partial charge on any atom is 0.433 e. The number of amides is 1. The first kappa shape index (κ1) is 21.9. The second-order valence-electron chi connectivity index (χ2n) is 6.81. The summed E-state index contributed by atoms with van der Waals surface area (Å²) in [5.41, 5.74) is 0.784. The van der Waals surface area contributed by atoms with E-state index in [9.17, 15) is 18.0 Å². The number of alkyl halides is 3. The van der Waals surface area contributed by atoms with Gasteiger partial charge in [0.2, 0.25) is 5.91 Å². The van der Waals surface area contributed by atoms with Gasteiger partial charge >= 0.3 is 6.18 Å². The van der Waals surface area contributed by atoms with Gasteiger partial charge in [0.25, 0.3) is 0 Å². The molecule has 3 rings (SSSR count). The smallest absolute Gasteiger partial charge is 0.352 e. The average Bonchev–Trinajstić information content (AvgIpc) is 2.69. The van der Waals surface area contributed by atoms with Crippen molar-refractivity contribution in [1.82, 2.24) is 15.3 Å². The Labute approximate surface area is 176 Å². The van der Waals surface area contributed by atoms with Gasteiger partial charge in [-0.25, -0.2) is 9.97 Å². The van der Waals surface area contributed by atoms with E-state index < -0.39 is 11.9 Å². The third kappa shape index (κ3) is 6.09. The molecule has 1 aliphatic carbocycles. The molecule has 0 fully saturated rings. The monoisotopic (exact) mass is 443 g/mol. The molecule has 0 atom stereocenters. The lowest BCUT2D eigenvalue weighted by molar-refractivity contribution is -0.142. The van der Waals surface area contributed by atoms with Crippen LogP contribution in [0.2, 0.25) is 5.02 Å². The normalized spacial score (nSPS) is 13.8. The fourth-order valence-electron chi connectivity index (χ4n) is 3.19. The van der Waals surface area contributed by atoms with Crippen LogP contribution in [0.15, 0.2) is 29.4 Å². The molecular formula is C20H21ClF3N3OS. The van der Waals surface area contributed by atoms with Gasteiger partial charge < -0.3 is 5.32 Å². The van der Waals surface area contributed by atoms with Crippen LogP contribution in [0.5, 0.6) is 0 Å². The number of thioether (sulfide) groups is 1. The Morgan fingerprint density at radius 2 is 1.93 bits per heavy atom. The number of nitrogens with one attached hydrogen (secondary N) is 1. The summed E-state index contributed by atoms with van der Waals surface area (Å²) in [6, 6.07) is 7.26. The molecule has 1 aromatic heterocycles. The Hall–Kier alpha value is -1.80. The van der Waals surface area contributed by atoms with E-state index in [-0.39, 0.29) is 23.0 Å². The zero-order chi connectivity index (χ0) is 20.9. The molecule has 0 saturated heterocycles. The van der Waals surface area contributed by atoms with Crippen molar-refractivity contribution in [2.75, 3.05) is 5.75 Å². The molecule has 1 amide bonds. The molecule has 0 bridgehead atoms. The number of fused-ring (bicyclic) bond motifs is 1. The number of carbonyl (C=O) groups is 1. The number of rotatable bonds is 7. The molecular weight excluding hydrogens is 423 g/mol. The van der Waals surface area contributed by atoms with E-state index in [0.717, 1.165) is 30.2 Å². The molecule has 1 heterocycles. The minimum Gasteiger partial charge on any atom is -0.352 e. The summed E-state index contributed by atoms with van der Waals surface area (Å²) in [6.45, 7) is 0.342. The van der Waals surface area contributed by atoms with Crippen molar-refractivity contribution in [1.29, 1.82) is 0 Å². The molecule has 1 aromatic carbocycles. The Morgan fingerprint density at radius 3 is 2.69 bits per heavy atom. The van der Waals surface area contributed by atoms with E-state index in [0.29, 0.717) is 42.3 Å². The quantitative estimate of drug-likeness (QED) is 0.362. The Balaban J connectivity index is 1.50. The SMILES string of the molecule is O=C(CCCSc1nc2c(c(C(F)(F)F)n1)CCCC2)NCc1ccccc1Cl. The number of hydrogen-bond acceptors (Lipinski definition) is 4. The number of hydrogen-bond donors (Lipinski definition) is 1. The van der Waals surface area contributed by atoms with Crippen LogP contribution in [0.1, 0.15) is 48.2 Å². The Morgan fingerprint density at radius 1 is 1.17 bits per heavy atom. The molecule has 1 N–H and O–H groups in total. The van der Waals surface area contributed by atoms with Crippen LogP contribution in [-0.2, 0) is 30.4 Å². The second kappa shape index (κ2) is 9.80. The van der Waals surface area contributed by atoms with Crippen molar-refractivity contribution >= 4 is 29.3 Å². The molecule has 0 unspecified atom stereocenters. The van der Waals surface area contributed by atoms with Crippen molar-refractivity contribution < 1.29 is 18.0 Å². The Kier molecular flexibility index (Phi) is 7.40. The van der Waals surface area contributed by atoms with Crippen molar-refractivity contribution in [3.05, 3.63) is 51.8 Å². The Bertz CT molecular complexity index is 877. The molecule has 2 aromatic rings. The van der Waals surface area contributed by atoms with E-state index in [1.54, 1.807) is 6.07 Å². The molecule has 1 aliphatic rings. The van der Waals surface area contributed by atoms with Gasteiger partial charge in [0, 0.05) is 35.0 Å². The van der Waals surface area contributed by atoms with Crippen LogP contribution in [0.4, 0.5) is 13.2 Å². The van der Waals surface area contributed by atoms with E-state index in [2.05, 4.69) is 15.3 Å². The molecule has 9 heteroatoms. The summed E-state index contributed by atoms with van der Waals surface area (Å²) in [4.78, 5) is 20.1. The predicted octanol–water partition coefficient (Wildman–Crippen LogP) is 5.22. The highest BCUT2D eigenvalue weighted by atomic mass is 35.5. The number of nitrogens with zero attached hydrogens (tertiary/aromatic N) is 2. The van der Waals surface area contributed by atoms with Gasteiger partial charge in [-0.2, -0.15) is 13.2 Å². The second-order valence-corrected chi connectivity index (χ2v) is 8.27. The van der Waals surface area contributed by atoms with Crippen LogP contribution in [-0.4, -0.2) is 21.6 Å². The highest BCUT2D eigenvalue weighted by Crippen LogP contribution is 2.35. The van der Waals surface area contributed by atoms with Gasteiger partial charge in [0.1, 0.15) is 0 Å². The number of aryl methyl sites for hydroxylation is 1. The van der Waals surface area contributed by atoms with Crippen LogP contribution in [0.3, 0.4) is 0 Å². The van der Waals surface area contributed by atoms with E-state index in [4.69, 9.17) is 11.6 Å². The molecule has 156 valence electrons. The lowest BCUT2D eigenvalue weighted by Crippen LogP contribution is -2.22. The first-order chi connectivity index (χ1) is 13.8. The minimum atomic E-state index is -4.47. The molecule has 0 spiro atoms. The maximum atomic E-state index is 13.3. The first-order valence-corrected chi connectivity index (χ1v) is 10.8. The van der Waals surface area contributed by atoms with Gasteiger partial charge in [0.15, 0.2) is 10.9 Å². The van der Waals surface area contributed by atoms with Crippen molar-refractivity contribution in [2.24, 2.45) is 0 Å². The number of carbonyl (C=O) groups excluding carboxylic acids is 1. The van der Waals surface area contributed by atoms with E-state index in [1.165, 1.54) is 0 Å². The summed E-state index contributed by atoms with van der Waals surface area (Å²) in [5, 5.41) is 3.52. The third-order valence-corrected chi connectivity index (χ3v) is 5.95.